The monoisotopic (exact) mass is 280 g/mol. The zero-order valence-corrected chi connectivity index (χ0v) is 10.7. The van der Waals surface area contributed by atoms with Crippen molar-refractivity contribution in [3.63, 3.8) is 0 Å². The molecule has 0 saturated carbocycles. The fourth-order valence-corrected chi connectivity index (χ4v) is 1.15. The summed E-state index contributed by atoms with van der Waals surface area (Å²) in [6.45, 7) is 1.73. The topological polar surface area (TPSA) is 129 Å². The second kappa shape index (κ2) is 10.5. The van der Waals surface area contributed by atoms with Gasteiger partial charge in [-0.15, -0.1) is 0 Å². The van der Waals surface area contributed by atoms with Crippen molar-refractivity contribution in [2.45, 2.75) is 38.6 Å². The number of nitrogens with one attached hydrogen (secondary N) is 1. The molecule has 0 rings (SSSR count). The highest BCUT2D eigenvalue weighted by atomic mass is 17.1. The lowest BCUT2D eigenvalue weighted by molar-refractivity contribution is -0.492. The van der Waals surface area contributed by atoms with Crippen LogP contribution in [-0.4, -0.2) is 52.2 Å². The fourth-order valence-electron chi connectivity index (χ4n) is 1.15. The van der Waals surface area contributed by atoms with Crippen LogP contribution in [0.15, 0.2) is 0 Å². The van der Waals surface area contributed by atoms with E-state index in [0.717, 1.165) is 12.8 Å². The summed E-state index contributed by atoms with van der Waals surface area (Å²) < 4.78 is 4.77. The minimum atomic E-state index is -1.13. The highest BCUT2D eigenvalue weighted by molar-refractivity contribution is 5.79. The van der Waals surface area contributed by atoms with Crippen molar-refractivity contribution in [3.05, 3.63) is 0 Å². The number of ether oxygens (including phenoxy) is 1. The molecule has 0 aliphatic rings. The standard InChI is InChI=1S/C10H20N2O7/c1-8(9(13)14)11-10(15)18-6-4-2-3-5-7-19-12(16)17/h8,16-17H,2-7H2,1H3,(H,11,15)(H,13,14). The van der Waals surface area contributed by atoms with Gasteiger partial charge >= 0.3 is 12.1 Å². The van der Waals surface area contributed by atoms with Gasteiger partial charge in [0.25, 0.3) is 0 Å². The molecule has 0 heterocycles. The molecule has 4 N–H and O–H groups in total. The summed E-state index contributed by atoms with van der Waals surface area (Å²) in [5, 5.41) is 26.8. The van der Waals surface area contributed by atoms with Gasteiger partial charge in [-0.05, 0) is 26.2 Å². The zero-order chi connectivity index (χ0) is 14.7. The third-order valence-corrected chi connectivity index (χ3v) is 2.18. The van der Waals surface area contributed by atoms with Gasteiger partial charge in [-0.25, -0.2) is 4.79 Å². The van der Waals surface area contributed by atoms with Gasteiger partial charge in [0.1, 0.15) is 6.04 Å². The minimum Gasteiger partial charge on any atom is -0.480 e. The number of carbonyl (C=O) groups is 2. The van der Waals surface area contributed by atoms with Crippen LogP contribution >= 0.6 is 0 Å². The Balaban J connectivity index is 3.34. The molecule has 0 aromatic rings. The molecular weight excluding hydrogens is 260 g/mol. The smallest absolute Gasteiger partial charge is 0.407 e. The summed E-state index contributed by atoms with van der Waals surface area (Å²) in [6.07, 6.45) is 2.08. The van der Waals surface area contributed by atoms with Gasteiger partial charge in [-0.2, -0.15) is 0 Å². The molecule has 0 saturated heterocycles. The summed E-state index contributed by atoms with van der Waals surface area (Å²) in [5.74, 6) is -1.13. The molecule has 0 aliphatic carbocycles. The molecular formula is C10H20N2O7. The Labute approximate surface area is 110 Å². The van der Waals surface area contributed by atoms with Gasteiger partial charge in [-0.1, -0.05) is 6.42 Å². The molecule has 0 spiro atoms. The lowest BCUT2D eigenvalue weighted by Crippen LogP contribution is -2.38. The van der Waals surface area contributed by atoms with E-state index in [4.69, 9.17) is 20.3 Å². The fraction of sp³-hybridized carbons (Fsp3) is 0.800. The third kappa shape index (κ3) is 11.4. The average Bonchev–Trinajstić information content (AvgIpc) is 2.31. The van der Waals surface area contributed by atoms with Crippen LogP contribution in [0.1, 0.15) is 32.6 Å². The SMILES string of the molecule is CC(NC(=O)OCCCCCCON(O)O)C(=O)O. The van der Waals surface area contributed by atoms with Crippen LogP contribution in [0.5, 0.6) is 0 Å². The number of unbranched alkanes of at least 4 members (excludes halogenated alkanes) is 3. The number of amides is 1. The minimum absolute atomic E-state index is 0.185. The van der Waals surface area contributed by atoms with Crippen LogP contribution in [0.2, 0.25) is 0 Å². The normalized spacial score (nSPS) is 12.2. The molecule has 0 aliphatic heterocycles. The molecule has 19 heavy (non-hydrogen) atoms. The van der Waals surface area contributed by atoms with Crippen molar-refractivity contribution in [3.8, 4) is 0 Å². The largest absolute Gasteiger partial charge is 0.480 e. The van der Waals surface area contributed by atoms with Gasteiger partial charge < -0.3 is 15.2 Å². The molecule has 1 unspecified atom stereocenters. The Morgan fingerprint density at radius 2 is 1.74 bits per heavy atom. The second-order valence-electron chi connectivity index (χ2n) is 3.84. The van der Waals surface area contributed by atoms with E-state index in [0.29, 0.717) is 12.8 Å². The van der Waals surface area contributed by atoms with Gasteiger partial charge in [0.2, 0.25) is 0 Å². The maximum absolute atomic E-state index is 11.1. The Morgan fingerprint density at radius 1 is 1.16 bits per heavy atom. The van der Waals surface area contributed by atoms with E-state index in [1.165, 1.54) is 6.92 Å². The molecule has 112 valence electrons. The number of nitrogens with zero attached hydrogens (tertiary/aromatic N) is 1. The van der Waals surface area contributed by atoms with Gasteiger partial charge in [-0.3, -0.25) is 20.0 Å². The first-order valence-electron chi connectivity index (χ1n) is 5.90. The highest BCUT2D eigenvalue weighted by Crippen LogP contribution is 2.01. The maximum atomic E-state index is 11.1. The van der Waals surface area contributed by atoms with Crippen molar-refractivity contribution < 1.29 is 34.7 Å². The van der Waals surface area contributed by atoms with E-state index in [2.05, 4.69) is 10.2 Å². The number of aliphatic carboxylic acids is 1. The molecule has 0 fully saturated rings. The number of carboxylic acid groups (broad SMARTS) is 1. The van der Waals surface area contributed by atoms with Crippen molar-refractivity contribution in [1.82, 2.24) is 10.7 Å². The number of rotatable bonds is 10. The van der Waals surface area contributed by atoms with E-state index in [1.54, 1.807) is 0 Å². The Hall–Kier alpha value is -1.42. The molecule has 1 atom stereocenters. The maximum Gasteiger partial charge on any atom is 0.407 e. The number of alkyl carbamates (subject to hydrolysis) is 1. The van der Waals surface area contributed by atoms with Gasteiger partial charge in [0.05, 0.1) is 18.6 Å². The van der Waals surface area contributed by atoms with Crippen LogP contribution in [0.4, 0.5) is 4.79 Å². The highest BCUT2D eigenvalue weighted by Gasteiger charge is 2.14. The summed E-state index contributed by atoms with van der Waals surface area (Å²) in [4.78, 5) is 25.9. The van der Waals surface area contributed by atoms with Crippen LogP contribution < -0.4 is 5.32 Å². The van der Waals surface area contributed by atoms with Crippen LogP contribution in [0.3, 0.4) is 0 Å². The van der Waals surface area contributed by atoms with Crippen molar-refractivity contribution in [2.24, 2.45) is 0 Å². The summed E-state index contributed by atoms with van der Waals surface area (Å²) in [7, 11) is 0. The van der Waals surface area contributed by atoms with Crippen molar-refractivity contribution in [1.29, 1.82) is 0 Å². The first-order chi connectivity index (χ1) is 8.93. The lowest BCUT2D eigenvalue weighted by Gasteiger charge is -2.10. The molecule has 9 heteroatoms. The molecule has 0 aromatic heterocycles. The van der Waals surface area contributed by atoms with Crippen molar-refractivity contribution >= 4 is 12.1 Å². The van der Waals surface area contributed by atoms with E-state index in [1.807, 2.05) is 0 Å². The molecule has 0 radical (unpaired) electrons. The van der Waals surface area contributed by atoms with Crippen molar-refractivity contribution in [2.75, 3.05) is 13.2 Å². The number of carboxylic acids is 1. The van der Waals surface area contributed by atoms with Gasteiger partial charge in [0.15, 0.2) is 0 Å². The van der Waals surface area contributed by atoms with Crippen LogP contribution in [-0.2, 0) is 14.4 Å². The van der Waals surface area contributed by atoms with E-state index < -0.39 is 18.1 Å². The summed E-state index contributed by atoms with van der Waals surface area (Å²) in [5.41, 5.74) is 0. The van der Waals surface area contributed by atoms with E-state index in [9.17, 15) is 9.59 Å². The molecule has 0 bridgehead atoms. The Kier molecular flexibility index (Phi) is 9.71. The molecule has 9 nitrogen and oxygen atoms in total. The molecule has 0 aromatic carbocycles. The number of hydrogen-bond donors (Lipinski definition) is 4. The van der Waals surface area contributed by atoms with Crippen LogP contribution in [0.25, 0.3) is 0 Å². The van der Waals surface area contributed by atoms with Gasteiger partial charge in [0, 0.05) is 0 Å². The Morgan fingerprint density at radius 3 is 2.26 bits per heavy atom. The van der Waals surface area contributed by atoms with E-state index >= 15 is 0 Å². The average molecular weight is 280 g/mol. The third-order valence-electron chi connectivity index (χ3n) is 2.18. The quantitative estimate of drug-likeness (QED) is 0.341. The predicted molar refractivity (Wildman–Crippen MR) is 61.4 cm³/mol. The molecule has 1 amide bonds. The summed E-state index contributed by atoms with van der Waals surface area (Å²) in [6, 6.07) is -0.982. The Bertz CT molecular complexity index is 273. The first kappa shape index (κ1) is 17.6. The zero-order valence-electron chi connectivity index (χ0n) is 10.7. The van der Waals surface area contributed by atoms with Crippen LogP contribution in [0, 0.1) is 0 Å². The lowest BCUT2D eigenvalue weighted by atomic mass is 10.2. The number of carbonyl (C=O) groups excluding carboxylic acids is 1. The van der Waals surface area contributed by atoms with E-state index in [-0.39, 0.29) is 18.6 Å². The second-order valence-corrected chi connectivity index (χ2v) is 3.84. The first-order valence-corrected chi connectivity index (χ1v) is 5.90. The number of hydrogen-bond acceptors (Lipinski definition) is 7. The summed E-state index contributed by atoms with van der Waals surface area (Å²) >= 11 is 0. The predicted octanol–water partition coefficient (Wildman–Crippen LogP) is 0.758.